The summed E-state index contributed by atoms with van der Waals surface area (Å²) in [7, 11) is 1.31. The number of rotatable bonds is 5. The first-order valence-corrected chi connectivity index (χ1v) is 13.5. The average molecular weight is 581 g/mol. The van der Waals surface area contributed by atoms with Crippen molar-refractivity contribution in [3.05, 3.63) is 70.0 Å². The fourth-order valence-electron chi connectivity index (χ4n) is 4.99. The number of methoxy groups -OCH3 is 1. The molecule has 1 aliphatic heterocycles. The lowest BCUT2D eigenvalue weighted by Gasteiger charge is -2.38. The Morgan fingerprint density at radius 3 is 2.77 bits per heavy atom. The van der Waals surface area contributed by atoms with Crippen LogP contribution in [0.15, 0.2) is 55.0 Å². The van der Waals surface area contributed by atoms with Gasteiger partial charge in [-0.05, 0) is 36.8 Å². The van der Waals surface area contributed by atoms with Gasteiger partial charge in [-0.3, -0.25) is 14.9 Å². The number of imidazole rings is 1. The highest BCUT2D eigenvalue weighted by molar-refractivity contribution is 7.18. The second kappa shape index (κ2) is 10.7. The van der Waals surface area contributed by atoms with Gasteiger partial charge in [-0.1, -0.05) is 23.7 Å². The minimum absolute atomic E-state index is 0.237. The largest absolute Gasteiger partial charge is 0.453 e. The van der Waals surface area contributed by atoms with E-state index in [0.717, 1.165) is 0 Å². The molecule has 6 rings (SSSR count). The summed E-state index contributed by atoms with van der Waals surface area (Å²) in [4.78, 5) is 41.1. The Bertz CT molecular complexity index is 1710. The molecule has 1 aliphatic rings. The van der Waals surface area contributed by atoms with Crippen molar-refractivity contribution in [2.24, 2.45) is 0 Å². The van der Waals surface area contributed by atoms with Crippen LogP contribution in [0, 0.1) is 5.82 Å². The normalized spacial score (nSPS) is 17.2. The van der Waals surface area contributed by atoms with Gasteiger partial charge in [0, 0.05) is 19.1 Å². The quantitative estimate of drug-likeness (QED) is 0.312. The molecule has 0 radical (unpaired) electrons. The first-order valence-electron chi connectivity index (χ1n) is 12.3. The summed E-state index contributed by atoms with van der Waals surface area (Å²) >= 11 is 7.20. The standard InChI is InChI=1S/C26H22ClFN8O3S/c1-39-26(38)35-11-14(32-25(37)21-6-7-22(27)40-21)8-15(12-35)36-20-9-18(23-30-13-31-34-23)29-10-19(20)33-24(36)16-4-2-3-5-17(16)28/h2-7,9-10,13-15H,8,11-12H2,1H3,(H,32,37)(H,30,31,34). The number of aromatic amines is 1. The molecule has 40 heavy (non-hydrogen) atoms. The summed E-state index contributed by atoms with van der Waals surface area (Å²) in [5.41, 5.74) is 2.01. The third kappa shape index (κ3) is 4.89. The van der Waals surface area contributed by atoms with E-state index in [9.17, 15) is 9.59 Å². The molecule has 2 atom stereocenters. The SMILES string of the molecule is COC(=O)N1CC(NC(=O)c2ccc(Cl)s2)CC(n2c(-c3ccccc3F)nc3cnc(-c4ncn[nH]4)cc32)C1. The van der Waals surface area contributed by atoms with E-state index in [4.69, 9.17) is 21.3 Å². The second-order valence-corrected chi connectivity index (χ2v) is 10.9. The van der Waals surface area contributed by atoms with Gasteiger partial charge >= 0.3 is 6.09 Å². The summed E-state index contributed by atoms with van der Waals surface area (Å²) in [5, 5.41) is 9.73. The second-order valence-electron chi connectivity index (χ2n) is 9.22. The number of ether oxygens (including phenoxy) is 1. The highest BCUT2D eigenvalue weighted by Crippen LogP contribution is 2.35. The van der Waals surface area contributed by atoms with Crippen molar-refractivity contribution in [3.63, 3.8) is 0 Å². The van der Waals surface area contributed by atoms with Crippen LogP contribution >= 0.6 is 22.9 Å². The molecule has 0 aliphatic carbocycles. The summed E-state index contributed by atoms with van der Waals surface area (Å²) in [5.74, 6) is 0.0923. The van der Waals surface area contributed by atoms with Crippen molar-refractivity contribution in [1.82, 2.24) is 39.9 Å². The van der Waals surface area contributed by atoms with E-state index in [2.05, 4.69) is 25.5 Å². The Kier molecular flexibility index (Phi) is 6.90. The molecule has 1 saturated heterocycles. The van der Waals surface area contributed by atoms with Gasteiger partial charge in [0.1, 0.15) is 29.2 Å². The molecular weight excluding hydrogens is 559 g/mol. The number of nitrogens with one attached hydrogen (secondary N) is 2. The van der Waals surface area contributed by atoms with Gasteiger partial charge in [0.05, 0.1) is 39.6 Å². The lowest BCUT2D eigenvalue weighted by molar-refractivity contribution is 0.0805. The predicted octanol–water partition coefficient (Wildman–Crippen LogP) is 4.55. The number of halogens is 2. The summed E-state index contributed by atoms with van der Waals surface area (Å²) in [6.07, 6.45) is 2.87. The summed E-state index contributed by atoms with van der Waals surface area (Å²) < 4.78 is 22.5. The maximum Gasteiger partial charge on any atom is 0.409 e. The van der Waals surface area contributed by atoms with Crippen LogP contribution in [0.5, 0.6) is 0 Å². The maximum atomic E-state index is 15.1. The number of pyridine rings is 1. The molecule has 0 saturated carbocycles. The van der Waals surface area contributed by atoms with Crippen LogP contribution in [0.3, 0.4) is 0 Å². The van der Waals surface area contributed by atoms with Crippen LogP contribution in [0.25, 0.3) is 33.9 Å². The van der Waals surface area contributed by atoms with Gasteiger partial charge in [-0.2, -0.15) is 5.10 Å². The number of H-pyrrole nitrogens is 1. The van der Waals surface area contributed by atoms with Gasteiger partial charge in [-0.25, -0.2) is 19.2 Å². The minimum Gasteiger partial charge on any atom is -0.453 e. The molecule has 11 nitrogen and oxygen atoms in total. The van der Waals surface area contributed by atoms with E-state index in [1.807, 2.05) is 4.57 Å². The zero-order valence-electron chi connectivity index (χ0n) is 21.0. The van der Waals surface area contributed by atoms with Crippen molar-refractivity contribution >= 4 is 46.0 Å². The van der Waals surface area contributed by atoms with Crippen LogP contribution in [0.4, 0.5) is 9.18 Å². The number of benzene rings is 1. The predicted molar refractivity (Wildman–Crippen MR) is 147 cm³/mol. The van der Waals surface area contributed by atoms with Gasteiger partial charge in [0.25, 0.3) is 5.91 Å². The van der Waals surface area contributed by atoms with E-state index in [0.29, 0.717) is 49.6 Å². The third-order valence-corrected chi connectivity index (χ3v) is 7.94. The molecule has 0 bridgehead atoms. The Balaban J connectivity index is 1.46. The zero-order chi connectivity index (χ0) is 27.8. The van der Waals surface area contributed by atoms with Gasteiger partial charge in [0.15, 0.2) is 5.82 Å². The molecule has 1 fully saturated rings. The number of piperidine rings is 1. The van der Waals surface area contributed by atoms with E-state index in [1.165, 1.54) is 35.7 Å². The summed E-state index contributed by atoms with van der Waals surface area (Å²) in [6.45, 7) is 0.483. The van der Waals surface area contributed by atoms with Crippen LogP contribution in [-0.2, 0) is 4.74 Å². The van der Waals surface area contributed by atoms with E-state index >= 15 is 4.39 Å². The Hall–Kier alpha value is -4.36. The van der Waals surface area contributed by atoms with E-state index in [1.54, 1.807) is 42.6 Å². The Labute approximate surface area is 236 Å². The van der Waals surface area contributed by atoms with Crippen molar-refractivity contribution in [2.45, 2.75) is 18.5 Å². The number of aromatic nitrogens is 6. The van der Waals surface area contributed by atoms with Gasteiger partial charge < -0.3 is 19.5 Å². The molecule has 0 spiro atoms. The van der Waals surface area contributed by atoms with Gasteiger partial charge in [-0.15, -0.1) is 11.3 Å². The third-order valence-electron chi connectivity index (χ3n) is 6.71. The smallest absolute Gasteiger partial charge is 0.409 e. The number of nitrogens with zero attached hydrogens (tertiary/aromatic N) is 6. The number of likely N-dealkylation sites (tertiary alicyclic amines) is 1. The lowest BCUT2D eigenvalue weighted by Crippen LogP contribution is -2.52. The topological polar surface area (TPSA) is 131 Å². The van der Waals surface area contributed by atoms with E-state index in [-0.39, 0.29) is 19.0 Å². The number of carbonyl (C=O) groups is 2. The fraction of sp³-hybridized carbons (Fsp3) is 0.231. The fourth-order valence-corrected chi connectivity index (χ4v) is 5.94. The minimum atomic E-state index is -0.538. The maximum absolute atomic E-state index is 15.1. The molecular formula is C26H22ClFN8O3S. The molecule has 2 unspecified atom stereocenters. The number of fused-ring (bicyclic) bond motifs is 1. The molecule has 5 aromatic rings. The lowest BCUT2D eigenvalue weighted by atomic mass is 9.99. The number of carbonyl (C=O) groups excluding carboxylic acids is 2. The molecule has 5 heterocycles. The van der Waals surface area contributed by atoms with E-state index < -0.39 is 24.0 Å². The first kappa shape index (κ1) is 25.9. The number of hydrogen-bond acceptors (Lipinski definition) is 8. The average Bonchev–Trinajstić information content (AvgIpc) is 3.72. The molecule has 4 aromatic heterocycles. The van der Waals surface area contributed by atoms with Crippen LogP contribution in [0.2, 0.25) is 4.34 Å². The van der Waals surface area contributed by atoms with Crippen molar-refractivity contribution < 1.29 is 18.7 Å². The first-order chi connectivity index (χ1) is 19.4. The Morgan fingerprint density at radius 2 is 2.05 bits per heavy atom. The van der Waals surface area contributed by atoms with Crippen molar-refractivity contribution in [1.29, 1.82) is 0 Å². The van der Waals surface area contributed by atoms with Crippen LogP contribution < -0.4 is 5.32 Å². The summed E-state index contributed by atoms with van der Waals surface area (Å²) in [6, 6.07) is 10.6. The number of hydrogen-bond donors (Lipinski definition) is 2. The zero-order valence-corrected chi connectivity index (χ0v) is 22.6. The molecule has 1 aromatic carbocycles. The highest BCUT2D eigenvalue weighted by Gasteiger charge is 2.35. The van der Waals surface area contributed by atoms with Crippen molar-refractivity contribution in [3.8, 4) is 22.9 Å². The van der Waals surface area contributed by atoms with Gasteiger partial charge in [0.2, 0.25) is 0 Å². The Morgan fingerprint density at radius 1 is 1.20 bits per heavy atom. The van der Waals surface area contributed by atoms with Crippen LogP contribution in [-0.4, -0.2) is 72.9 Å². The van der Waals surface area contributed by atoms with Crippen molar-refractivity contribution in [2.75, 3.05) is 20.2 Å². The molecule has 204 valence electrons. The molecule has 2 amide bonds. The number of amides is 2. The molecule has 2 N–H and O–H groups in total. The van der Waals surface area contributed by atoms with Crippen LogP contribution in [0.1, 0.15) is 22.1 Å². The highest BCUT2D eigenvalue weighted by atomic mass is 35.5. The monoisotopic (exact) mass is 580 g/mol. The number of thiophene rings is 1. The molecule has 14 heteroatoms.